The van der Waals surface area contributed by atoms with Crippen LogP contribution >= 0.6 is 11.3 Å². The van der Waals surface area contributed by atoms with E-state index in [1.165, 1.54) is 47.9 Å². The predicted molar refractivity (Wildman–Crippen MR) is 287 cm³/mol. The van der Waals surface area contributed by atoms with Crippen molar-refractivity contribution in [2.24, 2.45) is 0 Å². The van der Waals surface area contributed by atoms with E-state index >= 15 is 0 Å². The molecule has 3 nitrogen and oxygen atoms in total. The van der Waals surface area contributed by atoms with Gasteiger partial charge in [0.25, 0.3) is 0 Å². The Balaban J connectivity index is 0.000000213. The van der Waals surface area contributed by atoms with E-state index < -0.39 is 14.0 Å². The molecular weight excluding hydrogens is 1080 g/mol. The monoisotopic (exact) mass is 1130 g/mol. The van der Waals surface area contributed by atoms with Gasteiger partial charge >= 0.3 is 0 Å². The van der Waals surface area contributed by atoms with E-state index in [0.717, 1.165) is 106 Å². The molecule has 347 valence electrons. The van der Waals surface area contributed by atoms with Gasteiger partial charge in [-0.1, -0.05) is 134 Å². The molecule has 70 heavy (non-hydrogen) atoms. The van der Waals surface area contributed by atoms with Crippen molar-refractivity contribution in [3.63, 3.8) is 0 Å². The maximum atomic E-state index is 14.1. The van der Waals surface area contributed by atoms with Gasteiger partial charge < -0.3 is 9.55 Å². The fourth-order valence-electron chi connectivity index (χ4n) is 9.73. The van der Waals surface area contributed by atoms with Crippen LogP contribution in [0.4, 0.5) is 8.78 Å². The molecule has 0 amide bonds. The molecule has 0 N–H and O–H groups in total. The molecule has 1 radical (unpaired) electrons. The van der Waals surface area contributed by atoms with Crippen molar-refractivity contribution in [1.29, 1.82) is 0 Å². The van der Waals surface area contributed by atoms with Crippen LogP contribution in [0, 0.1) is 23.8 Å². The second-order valence-corrected chi connectivity index (χ2v) is 24.8. The number of hydrogen-bond acceptors (Lipinski definition) is 3. The van der Waals surface area contributed by atoms with Crippen molar-refractivity contribution in [3.05, 3.63) is 218 Å². The van der Waals surface area contributed by atoms with Gasteiger partial charge in [-0.25, -0.2) is 8.78 Å². The van der Waals surface area contributed by atoms with Crippen molar-refractivity contribution in [2.45, 2.75) is 51.2 Å². The number of nitrogens with zero attached hydrogens (tertiary/aromatic N) is 3. The summed E-state index contributed by atoms with van der Waals surface area (Å²) in [6.07, 6.45) is 6.35. The topological polar surface area (TPSA) is 30.7 Å². The Labute approximate surface area is 428 Å². The molecule has 0 aliphatic heterocycles. The van der Waals surface area contributed by atoms with E-state index in [-0.39, 0.29) is 31.7 Å². The molecular formula is C62H49F2IrN3SSi-2. The van der Waals surface area contributed by atoms with Crippen LogP contribution in [0.5, 0.6) is 0 Å². The number of pyridine rings is 1. The van der Waals surface area contributed by atoms with Gasteiger partial charge in [-0.15, -0.1) is 54.1 Å². The molecule has 3 heterocycles. The molecule has 3 aromatic heterocycles. The Morgan fingerprint density at radius 3 is 2.07 bits per heavy atom. The minimum atomic E-state index is -1.51. The van der Waals surface area contributed by atoms with Crippen LogP contribution in [0.15, 0.2) is 188 Å². The van der Waals surface area contributed by atoms with Crippen LogP contribution in [-0.4, -0.2) is 22.6 Å². The smallest absolute Gasteiger partial charge is 0.123 e. The summed E-state index contributed by atoms with van der Waals surface area (Å²) in [7, 11) is -1.51. The Bertz CT molecular complexity index is 3680. The zero-order chi connectivity index (χ0) is 48.0. The van der Waals surface area contributed by atoms with Crippen molar-refractivity contribution < 1.29 is 30.3 Å². The van der Waals surface area contributed by atoms with Gasteiger partial charge in [-0.3, -0.25) is 4.98 Å². The Morgan fingerprint density at radius 1 is 0.657 bits per heavy atom. The van der Waals surface area contributed by atoms with E-state index in [0.29, 0.717) is 0 Å². The van der Waals surface area contributed by atoms with Gasteiger partial charge in [0, 0.05) is 38.1 Å². The van der Waals surface area contributed by atoms with Crippen LogP contribution in [0.25, 0.3) is 92.9 Å². The predicted octanol–water partition coefficient (Wildman–Crippen LogP) is 16.9. The molecule has 11 aromatic rings. The number of benzene rings is 8. The number of hydrogen-bond donors (Lipinski definition) is 0. The summed E-state index contributed by atoms with van der Waals surface area (Å²) < 4.78 is 41.3. The molecule has 12 rings (SSSR count). The average Bonchev–Trinajstić information content (AvgIpc) is 4.13. The van der Waals surface area contributed by atoms with Gasteiger partial charge in [0.15, 0.2) is 0 Å². The molecule has 0 atom stereocenters. The number of rotatable bonds is 8. The molecule has 0 bridgehead atoms. The second-order valence-electron chi connectivity index (χ2n) is 18.7. The number of para-hydroxylation sites is 2. The first kappa shape index (κ1) is 45.8. The van der Waals surface area contributed by atoms with Gasteiger partial charge in [0.1, 0.15) is 11.6 Å². The summed E-state index contributed by atoms with van der Waals surface area (Å²) in [5.41, 5.74) is 13.1. The van der Waals surface area contributed by atoms with Gasteiger partial charge in [0.05, 0.1) is 24.9 Å². The van der Waals surface area contributed by atoms with Crippen molar-refractivity contribution in [3.8, 4) is 61.7 Å². The zero-order valence-corrected chi connectivity index (χ0v) is 43.3. The number of fused-ring (bicyclic) bond motifs is 4. The zero-order valence-electron chi connectivity index (χ0n) is 40.1. The maximum absolute atomic E-state index is 14.1. The maximum Gasteiger partial charge on any atom is 0.123 e. The third-order valence-electron chi connectivity index (χ3n) is 13.1. The van der Waals surface area contributed by atoms with Crippen LogP contribution < -0.4 is 5.19 Å². The molecule has 8 aromatic carbocycles. The van der Waals surface area contributed by atoms with Crippen LogP contribution in [0.3, 0.4) is 0 Å². The molecule has 1 saturated carbocycles. The van der Waals surface area contributed by atoms with E-state index in [1.807, 2.05) is 72.9 Å². The Kier molecular flexibility index (Phi) is 13.1. The van der Waals surface area contributed by atoms with Gasteiger partial charge in [0.2, 0.25) is 0 Å². The second kappa shape index (κ2) is 20.0. The Hall–Kier alpha value is -6.67. The first-order valence-electron chi connectivity index (χ1n) is 24.1. The molecule has 1 fully saturated rings. The molecule has 8 heteroatoms. The normalized spacial score (nSPS) is 13.5. The molecule has 0 spiro atoms. The molecule has 1 aliphatic rings. The fraction of sp³-hybridized carbons (Fsp3) is 0.129. The number of imidazole rings is 1. The summed E-state index contributed by atoms with van der Waals surface area (Å²) in [4.78, 5) is 9.91. The Morgan fingerprint density at radius 2 is 1.34 bits per heavy atom. The quantitative estimate of drug-likeness (QED) is 0.112. The summed E-state index contributed by atoms with van der Waals surface area (Å²) in [5.74, 6) is -0.173. The van der Waals surface area contributed by atoms with E-state index in [4.69, 9.17) is 11.3 Å². The van der Waals surface area contributed by atoms with Crippen LogP contribution in [0.1, 0.15) is 38.5 Å². The average molecular weight is 1130 g/mol. The van der Waals surface area contributed by atoms with E-state index in [9.17, 15) is 8.78 Å². The van der Waals surface area contributed by atoms with Gasteiger partial charge in [-0.05, 0) is 134 Å². The largest absolute Gasteiger partial charge is 0.333 e. The third-order valence-corrected chi connectivity index (χ3v) is 16.3. The van der Waals surface area contributed by atoms with Crippen LogP contribution in [0.2, 0.25) is 19.6 Å². The SMILES string of the molecule is Fc1ccc(-c2cc(-c3ccc(F)cc3)c3c(c2)sc2c(-c4nc5ccccc5n4-c4cccc(-c5ccccc5)c4)[c-]ccc23)cc1.[2H]C1(c2cc(-c3[c-]cccc3)ncc2[Si](C)(C)C)CCCC1.[Ir]. The summed E-state index contributed by atoms with van der Waals surface area (Å²) in [5, 5.41) is 3.51. The van der Waals surface area contributed by atoms with Crippen LogP contribution in [-0.2, 0) is 20.1 Å². The summed E-state index contributed by atoms with van der Waals surface area (Å²) in [6.45, 7) is 7.04. The molecule has 0 saturated heterocycles. The van der Waals surface area contributed by atoms with Crippen molar-refractivity contribution in [1.82, 2.24) is 14.5 Å². The third kappa shape index (κ3) is 9.37. The fourth-order valence-corrected chi connectivity index (χ4v) is 12.5. The summed E-state index contributed by atoms with van der Waals surface area (Å²) >= 11 is 1.69. The number of thiophene rings is 1. The molecule has 0 unspecified atom stereocenters. The number of halogens is 2. The first-order chi connectivity index (χ1) is 34.0. The summed E-state index contributed by atoms with van der Waals surface area (Å²) in [6, 6.07) is 65.6. The van der Waals surface area contributed by atoms with Gasteiger partial charge in [-0.2, -0.15) is 11.3 Å². The van der Waals surface area contributed by atoms with Crippen molar-refractivity contribution >= 4 is 55.8 Å². The minimum absolute atomic E-state index is 0. The minimum Gasteiger partial charge on any atom is -0.333 e. The molecule has 1 aliphatic carbocycles. The van der Waals surface area contributed by atoms with E-state index in [2.05, 4.69) is 115 Å². The standard InChI is InChI=1S/C43H25F2N2S.C19H24NSi.Ir/c44-32-20-16-28(17-21-32)31-25-37(29-18-22-33(45)23-19-29)41-35-12-7-13-36(42(35)48-40(41)26-31)43-46-38-14-4-5-15-39(38)47(43)34-11-6-10-30(24-34)27-8-2-1-3-9-27;1-21(2,3)19-14-20-18(16-11-5-4-6-12-16)13-17(19)15-9-7-8-10-15;/h1-12,14-26H;4-6,11,13-15H,7-10H2,1-3H3;/q2*-1;/i;15D;. The first-order valence-corrected chi connectivity index (χ1v) is 27.9. The van der Waals surface area contributed by atoms with Crippen molar-refractivity contribution in [2.75, 3.05) is 0 Å². The number of aromatic nitrogens is 3. The van der Waals surface area contributed by atoms with E-state index in [1.54, 1.807) is 23.5 Å².